The Bertz CT molecular complexity index is 1280. The molecule has 1 amide bonds. The van der Waals surface area contributed by atoms with E-state index < -0.39 is 8.07 Å². The largest absolute Gasteiger partial charge is 0.479 e. The Kier molecular flexibility index (Phi) is 9.33. The maximum absolute atomic E-state index is 13.0. The quantitative estimate of drug-likeness (QED) is 0.345. The predicted molar refractivity (Wildman–Crippen MR) is 156 cm³/mol. The number of carbonyl (C=O) groups excluding carboxylic acids is 1. The monoisotopic (exact) mass is 569 g/mol. The highest BCUT2D eigenvalue weighted by Gasteiger charge is 2.27. The van der Waals surface area contributed by atoms with Crippen molar-refractivity contribution < 1.29 is 28.2 Å². The third-order valence-electron chi connectivity index (χ3n) is 6.36. The van der Waals surface area contributed by atoms with Gasteiger partial charge in [0.1, 0.15) is 11.5 Å². The van der Waals surface area contributed by atoms with Gasteiger partial charge < -0.3 is 38.5 Å². The van der Waals surface area contributed by atoms with Gasteiger partial charge in [0.2, 0.25) is 23.6 Å². The van der Waals surface area contributed by atoms with Crippen LogP contribution in [0.3, 0.4) is 0 Å². The maximum Gasteiger partial charge on any atom is 0.290 e. The average Bonchev–Trinajstić information content (AvgIpc) is 3.34. The summed E-state index contributed by atoms with van der Waals surface area (Å²) < 4.78 is 28.6. The van der Waals surface area contributed by atoms with Crippen LogP contribution in [0.5, 0.6) is 23.5 Å². The molecule has 1 saturated heterocycles. The normalized spacial score (nSPS) is 15.7. The number of amides is 1. The summed E-state index contributed by atoms with van der Waals surface area (Å²) in [6, 6.07) is 11.5. The van der Waals surface area contributed by atoms with Crippen molar-refractivity contribution >= 4 is 30.8 Å². The highest BCUT2D eigenvalue weighted by Crippen LogP contribution is 2.34. The summed E-state index contributed by atoms with van der Waals surface area (Å²) in [6.45, 7) is 9.44. The molecule has 4 rings (SSSR count). The van der Waals surface area contributed by atoms with E-state index in [1.54, 1.807) is 12.1 Å². The summed E-state index contributed by atoms with van der Waals surface area (Å²) in [6.07, 6.45) is -0.00245. The molecule has 0 aliphatic carbocycles. The van der Waals surface area contributed by atoms with E-state index in [4.69, 9.17) is 23.4 Å². The van der Waals surface area contributed by atoms with Gasteiger partial charge >= 0.3 is 0 Å². The summed E-state index contributed by atoms with van der Waals surface area (Å²) in [5.74, 6) is 1.98. The van der Waals surface area contributed by atoms with E-state index >= 15 is 0 Å². The molecular weight excluding hydrogens is 530 g/mol. The number of aromatic nitrogens is 2. The van der Waals surface area contributed by atoms with Gasteiger partial charge in [-0.05, 0) is 32.3 Å². The number of rotatable bonds is 11. The first-order valence-electron chi connectivity index (χ1n) is 13.2. The molecule has 0 bridgehead atoms. The van der Waals surface area contributed by atoms with Crippen molar-refractivity contribution in [3.63, 3.8) is 0 Å². The van der Waals surface area contributed by atoms with E-state index in [9.17, 15) is 4.79 Å². The number of anilines is 2. The molecule has 0 saturated carbocycles. The van der Waals surface area contributed by atoms with Gasteiger partial charge in [0, 0.05) is 25.7 Å². The number of nitrogens with zero attached hydrogens (tertiary/aromatic N) is 4. The first-order chi connectivity index (χ1) is 19.0. The fourth-order valence-electron chi connectivity index (χ4n) is 4.36. The Morgan fingerprint density at radius 2 is 1.85 bits per heavy atom. The average molecular weight is 570 g/mol. The van der Waals surface area contributed by atoms with Gasteiger partial charge in [0.05, 0.1) is 41.4 Å². The van der Waals surface area contributed by atoms with Gasteiger partial charge in [-0.2, -0.15) is 9.97 Å². The minimum Gasteiger partial charge on any atom is -0.479 e. The van der Waals surface area contributed by atoms with Crippen molar-refractivity contribution in [2.24, 2.45) is 0 Å². The van der Waals surface area contributed by atoms with Gasteiger partial charge in [0.25, 0.3) is 5.95 Å². The lowest BCUT2D eigenvalue weighted by atomic mass is 10.2. The summed E-state index contributed by atoms with van der Waals surface area (Å²) in [5.41, 5.74) is 0.253. The predicted octanol–water partition coefficient (Wildman–Crippen LogP) is 3.37. The number of benzene rings is 1. The molecule has 0 spiro atoms. The summed E-state index contributed by atoms with van der Waals surface area (Å²) in [4.78, 5) is 26.2. The lowest BCUT2D eigenvalue weighted by Crippen LogP contribution is -2.47. The van der Waals surface area contributed by atoms with Gasteiger partial charge in [-0.15, -0.1) is 0 Å². The van der Waals surface area contributed by atoms with Crippen molar-refractivity contribution in [1.29, 1.82) is 0 Å². The minimum atomic E-state index is -1.48. The van der Waals surface area contributed by atoms with E-state index in [2.05, 4.69) is 45.9 Å². The zero-order valence-electron chi connectivity index (χ0n) is 24.3. The van der Waals surface area contributed by atoms with Gasteiger partial charge in [-0.1, -0.05) is 37.0 Å². The lowest BCUT2D eigenvalue weighted by molar-refractivity contribution is -0.115. The molecule has 0 radical (unpaired) electrons. The summed E-state index contributed by atoms with van der Waals surface area (Å²) >= 11 is 0. The topological polar surface area (TPSA) is 111 Å². The number of carbonyl (C=O) groups is 1. The summed E-state index contributed by atoms with van der Waals surface area (Å²) in [7, 11) is 5.51. The third kappa shape index (κ3) is 7.52. The number of morpholine rings is 1. The number of ether oxygens (including phenoxy) is 4. The van der Waals surface area contributed by atoms with Crippen LogP contribution in [0.25, 0.3) is 0 Å². The van der Waals surface area contributed by atoms with Crippen LogP contribution in [0.4, 0.5) is 11.6 Å². The molecular formula is C28H39N5O6Si. The van der Waals surface area contributed by atoms with Gasteiger partial charge in [-0.3, -0.25) is 4.79 Å². The molecule has 12 heteroatoms. The van der Waals surface area contributed by atoms with Crippen LogP contribution in [0.1, 0.15) is 5.76 Å². The first-order valence-corrected chi connectivity index (χ1v) is 16.7. The van der Waals surface area contributed by atoms with Crippen LogP contribution in [0.2, 0.25) is 19.6 Å². The maximum atomic E-state index is 13.0. The van der Waals surface area contributed by atoms with E-state index in [1.807, 2.05) is 37.2 Å². The Labute approximate surface area is 236 Å². The number of hydrogen-bond acceptors (Lipinski definition) is 10. The van der Waals surface area contributed by atoms with Crippen LogP contribution in [0.15, 0.2) is 40.8 Å². The van der Waals surface area contributed by atoms with Crippen LogP contribution < -0.4 is 29.6 Å². The molecule has 1 atom stereocenters. The van der Waals surface area contributed by atoms with Crippen molar-refractivity contribution in [1.82, 2.24) is 14.9 Å². The van der Waals surface area contributed by atoms with E-state index in [-0.39, 0.29) is 35.9 Å². The molecule has 1 unspecified atom stereocenters. The van der Waals surface area contributed by atoms with Crippen molar-refractivity contribution in [2.45, 2.75) is 32.2 Å². The number of furan rings is 1. The summed E-state index contributed by atoms with van der Waals surface area (Å²) in [5, 5.41) is 4.10. The Morgan fingerprint density at radius 3 is 2.50 bits per heavy atom. The smallest absolute Gasteiger partial charge is 0.290 e. The number of hydrogen-bond donors (Lipinski definition) is 1. The number of likely N-dealkylation sites (N-methyl/N-ethyl adjacent to an activating group) is 1. The molecule has 3 aromatic rings. The van der Waals surface area contributed by atoms with Gasteiger partial charge in [0.15, 0.2) is 5.69 Å². The third-order valence-corrected chi connectivity index (χ3v) is 8.41. The number of nitrogens with one attached hydrogen (secondary N) is 1. The zero-order chi connectivity index (χ0) is 28.9. The van der Waals surface area contributed by atoms with Crippen molar-refractivity contribution in [3.8, 4) is 23.5 Å². The van der Waals surface area contributed by atoms with E-state index in [1.165, 1.54) is 19.4 Å². The Hall–Kier alpha value is -3.61. The van der Waals surface area contributed by atoms with E-state index in [0.717, 1.165) is 6.54 Å². The standard InChI is InChI=1S/C28H39N5O6Si/c1-32(2)17-21-18-33(13-14-37-21)28-30-26(35-3)25(27(31-28)36-4)29-23(34)16-20-11-12-24(39-20)38-19-9-8-10-22(15-19)40(5,6)7/h8-12,15,21H,13-14,16-18H2,1-7H3,(H,29,34). The second-order valence-corrected chi connectivity index (χ2v) is 16.0. The SMILES string of the molecule is COc1nc(N2CCOC(CN(C)C)C2)nc(OC)c1NC(=O)Cc1ccc(Oc2cccc([Si](C)(C)C)c2)o1. The fraction of sp³-hybridized carbons (Fsp3) is 0.464. The zero-order valence-corrected chi connectivity index (χ0v) is 25.3. The van der Waals surface area contributed by atoms with Crippen LogP contribution >= 0.6 is 0 Å². The second-order valence-electron chi connectivity index (χ2n) is 10.9. The molecule has 1 N–H and O–H groups in total. The van der Waals surface area contributed by atoms with Crippen molar-refractivity contribution in [3.05, 3.63) is 42.2 Å². The molecule has 2 aromatic heterocycles. The highest BCUT2D eigenvalue weighted by molar-refractivity contribution is 6.88. The number of methoxy groups -OCH3 is 2. The van der Waals surface area contributed by atoms with Crippen molar-refractivity contribution in [2.75, 3.05) is 64.8 Å². The molecule has 40 heavy (non-hydrogen) atoms. The molecule has 1 aliphatic rings. The molecule has 3 heterocycles. The van der Waals surface area contributed by atoms with Crippen LogP contribution in [-0.4, -0.2) is 89.5 Å². The Balaban J connectivity index is 1.43. The molecule has 216 valence electrons. The molecule has 1 aliphatic heterocycles. The Morgan fingerprint density at radius 1 is 1.12 bits per heavy atom. The second kappa shape index (κ2) is 12.7. The van der Waals surface area contributed by atoms with Crippen LogP contribution in [-0.2, 0) is 16.0 Å². The first kappa shape index (κ1) is 29.4. The lowest BCUT2D eigenvalue weighted by Gasteiger charge is -2.34. The fourth-order valence-corrected chi connectivity index (χ4v) is 5.54. The molecule has 1 aromatic carbocycles. The van der Waals surface area contributed by atoms with E-state index in [0.29, 0.717) is 43.1 Å². The highest BCUT2D eigenvalue weighted by atomic mass is 28.3. The van der Waals surface area contributed by atoms with Crippen LogP contribution in [0, 0.1) is 0 Å². The molecule has 1 fully saturated rings. The molecule has 11 nitrogen and oxygen atoms in total. The minimum absolute atomic E-state index is 0.0233. The van der Waals surface area contributed by atoms with Gasteiger partial charge in [-0.25, -0.2) is 0 Å².